The van der Waals surface area contributed by atoms with Gasteiger partial charge in [-0.05, 0) is 54.2 Å². The van der Waals surface area contributed by atoms with E-state index in [9.17, 15) is 9.59 Å². The average molecular weight is 385 g/mol. The minimum absolute atomic E-state index is 0.0231. The van der Waals surface area contributed by atoms with Crippen molar-refractivity contribution in [2.75, 3.05) is 6.61 Å². The summed E-state index contributed by atoms with van der Waals surface area (Å²) in [5.74, 6) is -0.447. The zero-order chi connectivity index (χ0) is 20.1. The third-order valence-electron chi connectivity index (χ3n) is 5.19. The first-order valence-corrected chi connectivity index (χ1v) is 9.96. The van der Waals surface area contributed by atoms with Gasteiger partial charge in [-0.2, -0.15) is 0 Å². The molecule has 2 aromatic carbocycles. The first-order valence-electron chi connectivity index (χ1n) is 9.96. The Morgan fingerprint density at radius 1 is 0.931 bits per heavy atom. The Morgan fingerprint density at radius 2 is 1.76 bits per heavy atom. The summed E-state index contributed by atoms with van der Waals surface area (Å²) in [7, 11) is 0. The number of benzene rings is 2. The number of hydrogen-bond donors (Lipinski definition) is 0. The Morgan fingerprint density at radius 3 is 2.55 bits per heavy atom. The summed E-state index contributed by atoms with van der Waals surface area (Å²) >= 11 is 0. The van der Waals surface area contributed by atoms with Crippen LogP contribution in [0.15, 0.2) is 72.9 Å². The van der Waals surface area contributed by atoms with Crippen LogP contribution in [0.25, 0.3) is 0 Å². The van der Waals surface area contributed by atoms with Crippen molar-refractivity contribution < 1.29 is 14.3 Å². The Balaban J connectivity index is 1.44. The molecular formula is C25H23NO3. The number of ketones is 2. The van der Waals surface area contributed by atoms with Crippen LogP contribution in [0.2, 0.25) is 0 Å². The highest BCUT2D eigenvalue weighted by atomic mass is 16.5. The minimum Gasteiger partial charge on any atom is -0.374 e. The largest absolute Gasteiger partial charge is 0.374 e. The average Bonchev–Trinajstić information content (AvgIpc) is 3.30. The van der Waals surface area contributed by atoms with E-state index in [1.165, 1.54) is 5.56 Å². The molecule has 1 aliphatic rings. The van der Waals surface area contributed by atoms with Crippen LogP contribution in [0.3, 0.4) is 0 Å². The second-order valence-corrected chi connectivity index (χ2v) is 7.36. The molecule has 0 aliphatic carbocycles. The van der Waals surface area contributed by atoms with Gasteiger partial charge < -0.3 is 4.74 Å². The van der Waals surface area contributed by atoms with Gasteiger partial charge in [0, 0.05) is 18.4 Å². The molecule has 1 atom stereocenters. The fourth-order valence-corrected chi connectivity index (χ4v) is 3.66. The van der Waals surface area contributed by atoms with Crippen molar-refractivity contribution in [3.63, 3.8) is 0 Å². The zero-order valence-electron chi connectivity index (χ0n) is 16.2. The second kappa shape index (κ2) is 8.93. The van der Waals surface area contributed by atoms with Gasteiger partial charge in [0.15, 0.2) is 11.6 Å². The molecule has 4 heteroatoms. The summed E-state index contributed by atoms with van der Waals surface area (Å²) in [6.45, 7) is 0.744. The van der Waals surface area contributed by atoms with Crippen LogP contribution in [0, 0.1) is 0 Å². The Kier molecular flexibility index (Phi) is 5.92. The van der Waals surface area contributed by atoms with Crippen LogP contribution in [-0.4, -0.2) is 23.2 Å². The number of Topliss-reactive ketones (excluding diaryl/α,β-unsaturated/α-hetero) is 2. The molecule has 0 N–H and O–H groups in total. The summed E-state index contributed by atoms with van der Waals surface area (Å²) in [4.78, 5) is 29.5. The molecule has 146 valence electrons. The molecule has 2 heterocycles. The highest BCUT2D eigenvalue weighted by molar-refractivity contribution is 6.12. The molecule has 1 saturated heterocycles. The summed E-state index contributed by atoms with van der Waals surface area (Å²) in [5, 5.41) is 0. The number of rotatable bonds is 7. The van der Waals surface area contributed by atoms with Crippen molar-refractivity contribution in [2.24, 2.45) is 0 Å². The predicted octanol–water partition coefficient (Wildman–Crippen LogP) is 4.98. The minimum atomic E-state index is -0.261. The second-order valence-electron chi connectivity index (χ2n) is 7.36. The molecule has 1 unspecified atom stereocenters. The van der Waals surface area contributed by atoms with Gasteiger partial charge in [-0.3, -0.25) is 14.6 Å². The van der Waals surface area contributed by atoms with Crippen molar-refractivity contribution in [3.05, 3.63) is 101 Å². The van der Waals surface area contributed by atoms with Crippen LogP contribution < -0.4 is 0 Å². The van der Waals surface area contributed by atoms with Crippen LogP contribution in [0.5, 0.6) is 0 Å². The topological polar surface area (TPSA) is 56.3 Å². The summed E-state index contributed by atoms with van der Waals surface area (Å²) < 4.78 is 5.68. The fraction of sp³-hybridized carbons (Fsp3) is 0.240. The van der Waals surface area contributed by atoms with E-state index >= 15 is 0 Å². The van der Waals surface area contributed by atoms with Gasteiger partial charge in [-0.25, -0.2) is 0 Å². The van der Waals surface area contributed by atoms with Crippen molar-refractivity contribution in [1.82, 2.24) is 4.98 Å². The standard InChI is InChI=1S/C25H23NO3/c27-23(20-9-4-8-19(15-20)14-18-6-2-1-3-7-18)17-24(28)22-16-21(11-12-26-22)25-10-5-13-29-25/h1-4,6-9,11-12,15-16,25H,5,10,13-14,17H2. The van der Waals surface area contributed by atoms with Crippen molar-refractivity contribution in [3.8, 4) is 0 Å². The number of pyridine rings is 1. The molecule has 0 bridgehead atoms. The van der Waals surface area contributed by atoms with Crippen LogP contribution >= 0.6 is 0 Å². The van der Waals surface area contributed by atoms with E-state index in [4.69, 9.17) is 4.74 Å². The maximum absolute atomic E-state index is 12.7. The molecule has 0 saturated carbocycles. The number of ether oxygens (including phenoxy) is 1. The molecule has 1 fully saturated rings. The normalized spacial score (nSPS) is 15.9. The van der Waals surface area contributed by atoms with Gasteiger partial charge in [0.1, 0.15) is 5.69 Å². The lowest BCUT2D eigenvalue weighted by atomic mass is 9.98. The van der Waals surface area contributed by atoms with Crippen LogP contribution in [0.4, 0.5) is 0 Å². The summed E-state index contributed by atoms with van der Waals surface area (Å²) in [6.07, 6.45) is 4.18. The third kappa shape index (κ3) is 4.84. The number of carbonyl (C=O) groups excluding carboxylic acids is 2. The van der Waals surface area contributed by atoms with Crippen LogP contribution in [0.1, 0.15) is 62.9 Å². The summed E-state index contributed by atoms with van der Waals surface area (Å²) in [6, 6.07) is 21.2. The lowest BCUT2D eigenvalue weighted by Gasteiger charge is -2.10. The lowest BCUT2D eigenvalue weighted by molar-refractivity contribution is 0.0891. The van der Waals surface area contributed by atoms with Crippen LogP contribution in [-0.2, 0) is 11.2 Å². The monoisotopic (exact) mass is 385 g/mol. The van der Waals surface area contributed by atoms with E-state index in [0.29, 0.717) is 11.3 Å². The van der Waals surface area contributed by atoms with E-state index in [0.717, 1.165) is 37.0 Å². The zero-order valence-corrected chi connectivity index (χ0v) is 16.2. The fourth-order valence-electron chi connectivity index (χ4n) is 3.66. The van der Waals surface area contributed by atoms with Gasteiger partial charge in [0.25, 0.3) is 0 Å². The molecule has 0 spiro atoms. The molecule has 4 rings (SSSR count). The quantitative estimate of drug-likeness (QED) is 0.425. The summed E-state index contributed by atoms with van der Waals surface area (Å²) in [5.41, 5.74) is 4.07. The Hall–Kier alpha value is -3.11. The van der Waals surface area contributed by atoms with Crippen molar-refractivity contribution >= 4 is 11.6 Å². The van der Waals surface area contributed by atoms with E-state index in [1.807, 2.05) is 42.5 Å². The molecular weight excluding hydrogens is 362 g/mol. The van der Waals surface area contributed by atoms with E-state index < -0.39 is 0 Å². The van der Waals surface area contributed by atoms with E-state index in [2.05, 4.69) is 17.1 Å². The smallest absolute Gasteiger partial charge is 0.188 e. The van der Waals surface area contributed by atoms with Gasteiger partial charge in [0.2, 0.25) is 0 Å². The number of carbonyl (C=O) groups is 2. The molecule has 3 aromatic rings. The SMILES string of the molecule is O=C(CC(=O)c1cc(C2CCCO2)ccn1)c1cccc(Cc2ccccc2)c1. The predicted molar refractivity (Wildman–Crippen MR) is 111 cm³/mol. The number of nitrogens with zero attached hydrogens (tertiary/aromatic N) is 1. The molecule has 0 radical (unpaired) electrons. The number of hydrogen-bond acceptors (Lipinski definition) is 4. The number of aromatic nitrogens is 1. The molecule has 1 aliphatic heterocycles. The van der Waals surface area contributed by atoms with Gasteiger partial charge in [-0.1, -0.05) is 48.5 Å². The van der Waals surface area contributed by atoms with Crippen molar-refractivity contribution in [1.29, 1.82) is 0 Å². The molecule has 1 aromatic heterocycles. The van der Waals surface area contributed by atoms with E-state index in [-0.39, 0.29) is 24.1 Å². The van der Waals surface area contributed by atoms with E-state index in [1.54, 1.807) is 18.3 Å². The van der Waals surface area contributed by atoms with Gasteiger partial charge >= 0.3 is 0 Å². The molecule has 29 heavy (non-hydrogen) atoms. The van der Waals surface area contributed by atoms with Gasteiger partial charge in [-0.15, -0.1) is 0 Å². The third-order valence-corrected chi connectivity index (χ3v) is 5.19. The highest BCUT2D eigenvalue weighted by Crippen LogP contribution is 2.28. The Bertz CT molecular complexity index is 1010. The Labute approximate surface area is 170 Å². The first-order chi connectivity index (χ1) is 14.2. The highest BCUT2D eigenvalue weighted by Gasteiger charge is 2.20. The molecule has 4 nitrogen and oxygen atoms in total. The first kappa shape index (κ1) is 19.2. The molecule has 0 amide bonds. The van der Waals surface area contributed by atoms with Crippen molar-refractivity contribution in [2.45, 2.75) is 31.8 Å². The maximum Gasteiger partial charge on any atom is 0.188 e. The maximum atomic E-state index is 12.7. The van der Waals surface area contributed by atoms with Gasteiger partial charge in [0.05, 0.1) is 12.5 Å². The lowest BCUT2D eigenvalue weighted by Crippen LogP contribution is -2.11.